The molecule has 0 aliphatic heterocycles. The number of rotatable bonds is 0. The van der Waals surface area contributed by atoms with Crippen molar-refractivity contribution in [1.82, 2.24) is 0 Å². The summed E-state index contributed by atoms with van der Waals surface area (Å²) < 4.78 is 2.91. The van der Waals surface area contributed by atoms with E-state index >= 15 is 0 Å². The van der Waals surface area contributed by atoms with Crippen LogP contribution in [-0.4, -0.2) is 0 Å². The molecular formula is C9H5S2Y2-. The Kier molecular flexibility index (Phi) is 4.83. The maximum Gasteiger partial charge on any atom is 0 e. The Bertz CT molecular complexity index is 458. The molecule has 0 bridgehead atoms. The summed E-state index contributed by atoms with van der Waals surface area (Å²) in [7, 11) is 0. The fourth-order valence-electron chi connectivity index (χ4n) is 1.40. The zero-order chi connectivity index (χ0) is 7.26. The van der Waals surface area contributed by atoms with E-state index in [0.717, 1.165) is 0 Å². The predicted molar refractivity (Wildman–Crippen MR) is 52.8 cm³/mol. The van der Waals surface area contributed by atoms with Gasteiger partial charge in [0.15, 0.2) is 0 Å². The Morgan fingerprint density at radius 3 is 1.77 bits per heavy atom. The van der Waals surface area contributed by atoms with E-state index in [1.165, 1.54) is 20.2 Å². The van der Waals surface area contributed by atoms with Gasteiger partial charge in [-0.05, 0) is 9.40 Å². The van der Waals surface area contributed by atoms with Crippen LogP contribution >= 0.6 is 22.7 Å². The van der Waals surface area contributed by atoms with E-state index in [2.05, 4.69) is 29.0 Å². The fourth-order valence-corrected chi connectivity index (χ4v) is 3.37. The van der Waals surface area contributed by atoms with Crippen LogP contribution in [0.15, 0.2) is 29.0 Å². The molecule has 0 N–H and O–H groups in total. The summed E-state index contributed by atoms with van der Waals surface area (Å²) in [6.45, 7) is 0. The van der Waals surface area contributed by atoms with Crippen LogP contribution in [0.2, 0.25) is 0 Å². The third-order valence-corrected chi connectivity index (χ3v) is 3.93. The fraction of sp³-hybridized carbons (Fsp3) is 0. The van der Waals surface area contributed by atoms with Crippen molar-refractivity contribution >= 4 is 42.8 Å². The largest absolute Gasteiger partial charge is 0.200 e. The summed E-state index contributed by atoms with van der Waals surface area (Å²) in [6.07, 6.45) is 0. The number of hydrogen-bond acceptors (Lipinski definition) is 2. The summed E-state index contributed by atoms with van der Waals surface area (Å²) in [5.41, 5.74) is 0. The summed E-state index contributed by atoms with van der Waals surface area (Å²) in [5.74, 6) is 0. The SMILES string of the molecule is [Y].[Y].c1cc2[cH-]c3ccsc3c2s1. The number of fused-ring (bicyclic) bond motifs is 3. The van der Waals surface area contributed by atoms with Gasteiger partial charge >= 0.3 is 0 Å². The van der Waals surface area contributed by atoms with Crippen LogP contribution in [0, 0.1) is 0 Å². The molecule has 0 nitrogen and oxygen atoms in total. The van der Waals surface area contributed by atoms with Gasteiger partial charge in [-0.25, -0.2) is 22.7 Å². The molecule has 3 aromatic rings. The Labute approximate surface area is 135 Å². The standard InChI is InChI=1S/C9H5S2.2Y/c1-3-10-8-6(1)5-7-2-4-11-9(7)8;;/h1-5H;;/q-1;;. The van der Waals surface area contributed by atoms with Crippen LogP contribution < -0.4 is 0 Å². The molecule has 0 aliphatic rings. The second-order valence-corrected chi connectivity index (χ2v) is 4.39. The summed E-state index contributed by atoms with van der Waals surface area (Å²) in [4.78, 5) is 0. The van der Waals surface area contributed by atoms with Crippen molar-refractivity contribution in [2.45, 2.75) is 0 Å². The molecule has 60 valence electrons. The molecular weight excluding hydrogens is 350 g/mol. The minimum atomic E-state index is 0. The van der Waals surface area contributed by atoms with Crippen molar-refractivity contribution in [3.05, 3.63) is 29.0 Å². The van der Waals surface area contributed by atoms with Crippen molar-refractivity contribution < 1.29 is 65.4 Å². The molecule has 1 aromatic carbocycles. The first-order valence-electron chi connectivity index (χ1n) is 3.45. The van der Waals surface area contributed by atoms with Crippen molar-refractivity contribution in [3.63, 3.8) is 0 Å². The second kappa shape index (κ2) is 5.00. The molecule has 3 rings (SSSR count). The Hall–Kier alpha value is 1.48. The van der Waals surface area contributed by atoms with Gasteiger partial charge in [0.25, 0.3) is 0 Å². The van der Waals surface area contributed by atoms with E-state index in [1.54, 1.807) is 0 Å². The number of thiophene rings is 2. The van der Waals surface area contributed by atoms with E-state index < -0.39 is 0 Å². The first kappa shape index (κ1) is 12.5. The van der Waals surface area contributed by atoms with Crippen LogP contribution in [0.1, 0.15) is 0 Å². The topological polar surface area (TPSA) is 0 Å². The summed E-state index contributed by atoms with van der Waals surface area (Å²) in [5, 5.41) is 7.11. The molecule has 2 heterocycles. The van der Waals surface area contributed by atoms with E-state index in [-0.39, 0.29) is 65.4 Å². The molecule has 0 aliphatic carbocycles. The van der Waals surface area contributed by atoms with Crippen molar-refractivity contribution in [1.29, 1.82) is 0 Å². The second-order valence-electron chi connectivity index (χ2n) is 2.55. The molecule has 2 radical (unpaired) electrons. The Morgan fingerprint density at radius 1 is 0.846 bits per heavy atom. The summed E-state index contributed by atoms with van der Waals surface area (Å²) >= 11 is 3.68. The maximum absolute atomic E-state index is 2.26. The van der Waals surface area contributed by atoms with Crippen molar-refractivity contribution in [2.75, 3.05) is 0 Å². The van der Waals surface area contributed by atoms with E-state index in [0.29, 0.717) is 0 Å². The van der Waals surface area contributed by atoms with Gasteiger partial charge in [0.05, 0.1) is 0 Å². The van der Waals surface area contributed by atoms with Crippen LogP contribution in [0.3, 0.4) is 0 Å². The molecule has 0 saturated carbocycles. The minimum absolute atomic E-state index is 0. The third kappa shape index (κ3) is 2.04. The Morgan fingerprint density at radius 2 is 1.31 bits per heavy atom. The van der Waals surface area contributed by atoms with Crippen molar-refractivity contribution in [3.8, 4) is 0 Å². The Balaban J connectivity index is 0.000000422. The smallest absolute Gasteiger partial charge is 0 e. The number of hydrogen-bond donors (Lipinski definition) is 0. The predicted octanol–water partition coefficient (Wildman–Crippen LogP) is 3.83. The molecule has 13 heavy (non-hydrogen) atoms. The van der Waals surface area contributed by atoms with Gasteiger partial charge in [0.2, 0.25) is 0 Å². The molecule has 0 atom stereocenters. The minimum Gasteiger partial charge on any atom is -0.200 e. The van der Waals surface area contributed by atoms with Crippen LogP contribution in [-0.2, 0) is 65.4 Å². The van der Waals surface area contributed by atoms with Gasteiger partial charge in [-0.1, -0.05) is 10.8 Å². The van der Waals surface area contributed by atoms with Gasteiger partial charge in [-0.3, -0.25) is 0 Å². The quantitative estimate of drug-likeness (QED) is 0.538. The van der Waals surface area contributed by atoms with E-state index in [1.807, 2.05) is 22.7 Å². The molecule has 2 aromatic heterocycles. The molecule has 0 saturated heterocycles. The average Bonchev–Trinajstić information content (AvgIpc) is 2.52. The van der Waals surface area contributed by atoms with E-state index in [9.17, 15) is 0 Å². The van der Waals surface area contributed by atoms with E-state index in [4.69, 9.17) is 0 Å². The molecule has 0 spiro atoms. The normalized spacial score (nSPS) is 9.85. The van der Waals surface area contributed by atoms with Gasteiger partial charge in [-0.2, -0.15) is 0 Å². The van der Waals surface area contributed by atoms with Gasteiger partial charge in [-0.15, -0.1) is 29.0 Å². The van der Waals surface area contributed by atoms with Gasteiger partial charge in [0.1, 0.15) is 0 Å². The van der Waals surface area contributed by atoms with Gasteiger partial charge < -0.3 is 0 Å². The molecule has 0 unspecified atom stereocenters. The van der Waals surface area contributed by atoms with Crippen LogP contribution in [0.25, 0.3) is 20.2 Å². The molecule has 4 heteroatoms. The maximum atomic E-state index is 2.26. The first-order valence-corrected chi connectivity index (χ1v) is 5.21. The summed E-state index contributed by atoms with van der Waals surface area (Å²) in [6, 6.07) is 6.64. The zero-order valence-corrected chi connectivity index (χ0v) is 14.2. The third-order valence-electron chi connectivity index (χ3n) is 1.91. The monoisotopic (exact) mass is 355 g/mol. The zero-order valence-electron chi connectivity index (χ0n) is 6.86. The van der Waals surface area contributed by atoms with Crippen LogP contribution in [0.4, 0.5) is 0 Å². The molecule has 0 fully saturated rings. The average molecular weight is 355 g/mol. The molecule has 0 amide bonds. The first-order chi connectivity index (χ1) is 5.45. The van der Waals surface area contributed by atoms with Crippen molar-refractivity contribution in [2.24, 2.45) is 0 Å². The van der Waals surface area contributed by atoms with Gasteiger partial charge in [0, 0.05) is 65.4 Å². The van der Waals surface area contributed by atoms with Crippen LogP contribution in [0.5, 0.6) is 0 Å².